The molecule has 1 aliphatic heterocycles. The summed E-state index contributed by atoms with van der Waals surface area (Å²) in [4.78, 5) is 1.59. The van der Waals surface area contributed by atoms with E-state index in [1.165, 1.54) is 5.56 Å². The van der Waals surface area contributed by atoms with E-state index < -0.39 is 0 Å². The van der Waals surface area contributed by atoms with Crippen molar-refractivity contribution >= 4 is 29.4 Å². The van der Waals surface area contributed by atoms with Gasteiger partial charge in [-0.05, 0) is 29.8 Å². The van der Waals surface area contributed by atoms with Crippen LogP contribution in [0.3, 0.4) is 0 Å². The molecule has 0 radical (unpaired) electrons. The molecule has 0 bridgehead atoms. The van der Waals surface area contributed by atoms with Crippen LogP contribution in [0.15, 0.2) is 53.6 Å². The van der Waals surface area contributed by atoms with Gasteiger partial charge in [0.15, 0.2) is 0 Å². The Morgan fingerprint density at radius 3 is 2.09 bits per heavy atom. The first-order valence-electron chi connectivity index (χ1n) is 7.81. The Morgan fingerprint density at radius 2 is 1.48 bits per heavy atom. The minimum Gasteiger partial charge on any atom is -0.328 e. The molecule has 3 nitrogen and oxygen atoms in total. The summed E-state index contributed by atoms with van der Waals surface area (Å²) in [5, 5.41) is 8.26. The number of hydrazone groups is 1. The predicted molar refractivity (Wildman–Crippen MR) is 96.5 cm³/mol. The molecule has 0 aliphatic carbocycles. The lowest BCUT2D eigenvalue weighted by Crippen LogP contribution is -3.13. The molecule has 0 unspecified atom stereocenters. The first-order valence-corrected chi connectivity index (χ1v) is 8.57. The minimum absolute atomic E-state index is 0.751. The average Bonchev–Trinajstić information content (AvgIpc) is 2.58. The molecule has 1 saturated heterocycles. The molecule has 0 saturated carbocycles. The zero-order chi connectivity index (χ0) is 16.1. The fraction of sp³-hybridized carbons (Fsp3) is 0.278. The molecule has 1 N–H and O–H groups in total. The Morgan fingerprint density at radius 1 is 0.913 bits per heavy atom. The van der Waals surface area contributed by atoms with Gasteiger partial charge in [0.1, 0.15) is 6.54 Å². The average molecular weight is 349 g/mol. The van der Waals surface area contributed by atoms with Gasteiger partial charge in [-0.2, -0.15) is 5.10 Å². The SMILES string of the molecule is Clc1ccc(C=NN2CC[NH+](Cc3ccc(Cl)cc3)CC2)cc1. The lowest BCUT2D eigenvalue weighted by Gasteiger charge is -2.30. The zero-order valence-corrected chi connectivity index (χ0v) is 14.4. The molecule has 0 spiro atoms. The van der Waals surface area contributed by atoms with E-state index in [0.29, 0.717) is 0 Å². The maximum Gasteiger partial charge on any atom is 0.103 e. The molecule has 0 aromatic heterocycles. The molecule has 1 heterocycles. The van der Waals surface area contributed by atoms with Crippen LogP contribution < -0.4 is 4.90 Å². The number of nitrogens with zero attached hydrogens (tertiary/aromatic N) is 2. The van der Waals surface area contributed by atoms with Crippen molar-refractivity contribution in [3.8, 4) is 0 Å². The van der Waals surface area contributed by atoms with Crippen LogP contribution in [0.25, 0.3) is 0 Å². The first kappa shape index (κ1) is 16.3. The molecule has 1 fully saturated rings. The Labute approximate surface area is 147 Å². The maximum absolute atomic E-state index is 5.93. The third-order valence-electron chi connectivity index (χ3n) is 4.05. The molecule has 5 heteroatoms. The molecule has 0 amide bonds. The lowest BCUT2D eigenvalue weighted by atomic mass is 10.2. The van der Waals surface area contributed by atoms with Gasteiger partial charge in [0, 0.05) is 15.6 Å². The highest BCUT2D eigenvalue weighted by Crippen LogP contribution is 2.09. The summed E-state index contributed by atoms with van der Waals surface area (Å²) in [6, 6.07) is 15.9. The zero-order valence-electron chi connectivity index (χ0n) is 12.9. The largest absolute Gasteiger partial charge is 0.328 e. The fourth-order valence-corrected chi connectivity index (χ4v) is 2.94. The van der Waals surface area contributed by atoms with E-state index in [0.717, 1.165) is 48.3 Å². The van der Waals surface area contributed by atoms with Crippen LogP contribution >= 0.6 is 23.2 Å². The standard InChI is InChI=1S/C18H19Cl2N3/c19-17-5-1-15(2-6-17)13-21-23-11-9-22(10-12-23)14-16-3-7-18(20)8-4-16/h1-8,13H,9-12,14H2/p+1. The third kappa shape index (κ3) is 4.96. The van der Waals surface area contributed by atoms with E-state index in [4.69, 9.17) is 23.2 Å². The van der Waals surface area contributed by atoms with Crippen LogP contribution in [0.1, 0.15) is 11.1 Å². The van der Waals surface area contributed by atoms with Gasteiger partial charge < -0.3 is 4.90 Å². The predicted octanol–water partition coefficient (Wildman–Crippen LogP) is 2.73. The fourth-order valence-electron chi connectivity index (χ4n) is 2.69. The monoisotopic (exact) mass is 348 g/mol. The second kappa shape index (κ2) is 7.82. The first-order chi connectivity index (χ1) is 11.2. The number of benzene rings is 2. The van der Waals surface area contributed by atoms with Crippen LogP contribution in [-0.4, -0.2) is 37.4 Å². The quantitative estimate of drug-likeness (QED) is 0.842. The molecule has 3 rings (SSSR count). The van der Waals surface area contributed by atoms with Gasteiger partial charge in [-0.3, -0.25) is 5.01 Å². The second-order valence-electron chi connectivity index (χ2n) is 5.80. The lowest BCUT2D eigenvalue weighted by molar-refractivity contribution is -0.918. The number of rotatable bonds is 4. The van der Waals surface area contributed by atoms with Gasteiger partial charge in [-0.15, -0.1) is 0 Å². The van der Waals surface area contributed by atoms with E-state index in [1.807, 2.05) is 42.6 Å². The number of halogens is 2. The minimum atomic E-state index is 0.751. The van der Waals surface area contributed by atoms with Crippen molar-refractivity contribution in [2.75, 3.05) is 26.2 Å². The highest BCUT2D eigenvalue weighted by Gasteiger charge is 2.18. The van der Waals surface area contributed by atoms with E-state index in [2.05, 4.69) is 22.2 Å². The van der Waals surface area contributed by atoms with Crippen LogP contribution in [0, 0.1) is 0 Å². The van der Waals surface area contributed by atoms with Crippen LogP contribution in [0.4, 0.5) is 0 Å². The normalized spacial score (nSPS) is 16.2. The third-order valence-corrected chi connectivity index (χ3v) is 4.56. The van der Waals surface area contributed by atoms with Gasteiger partial charge in [-0.25, -0.2) is 0 Å². The summed E-state index contributed by atoms with van der Waals surface area (Å²) in [5.41, 5.74) is 2.41. The summed E-state index contributed by atoms with van der Waals surface area (Å²) < 4.78 is 0. The topological polar surface area (TPSA) is 20.0 Å². The Balaban J connectivity index is 1.48. The molecule has 23 heavy (non-hydrogen) atoms. The number of hydrogen-bond acceptors (Lipinski definition) is 2. The van der Waals surface area contributed by atoms with E-state index >= 15 is 0 Å². The van der Waals surface area contributed by atoms with Gasteiger partial charge in [-0.1, -0.05) is 47.5 Å². The Kier molecular flexibility index (Phi) is 5.55. The molecule has 1 aliphatic rings. The highest BCUT2D eigenvalue weighted by molar-refractivity contribution is 6.30. The molecular weight excluding hydrogens is 329 g/mol. The Hall–Kier alpha value is -1.55. The number of piperazine rings is 1. The number of hydrogen-bond donors (Lipinski definition) is 1. The molecular formula is C18H20Cl2N3+. The van der Waals surface area contributed by atoms with Gasteiger partial charge >= 0.3 is 0 Å². The summed E-state index contributed by atoms with van der Waals surface area (Å²) in [7, 11) is 0. The van der Waals surface area contributed by atoms with Crippen LogP contribution in [-0.2, 0) is 6.54 Å². The van der Waals surface area contributed by atoms with E-state index in [-0.39, 0.29) is 0 Å². The summed E-state index contributed by atoms with van der Waals surface area (Å²) >= 11 is 11.8. The van der Waals surface area contributed by atoms with Crippen molar-refractivity contribution in [2.45, 2.75) is 6.54 Å². The highest BCUT2D eigenvalue weighted by atomic mass is 35.5. The van der Waals surface area contributed by atoms with Gasteiger partial charge in [0.05, 0.1) is 32.4 Å². The van der Waals surface area contributed by atoms with E-state index in [1.54, 1.807) is 4.90 Å². The maximum atomic E-state index is 5.93. The second-order valence-corrected chi connectivity index (χ2v) is 6.68. The van der Waals surface area contributed by atoms with Crippen molar-refractivity contribution < 1.29 is 4.90 Å². The van der Waals surface area contributed by atoms with Crippen molar-refractivity contribution in [3.63, 3.8) is 0 Å². The van der Waals surface area contributed by atoms with E-state index in [9.17, 15) is 0 Å². The van der Waals surface area contributed by atoms with Crippen molar-refractivity contribution in [1.82, 2.24) is 5.01 Å². The number of nitrogens with one attached hydrogen (secondary N) is 1. The van der Waals surface area contributed by atoms with Gasteiger partial charge in [0.2, 0.25) is 0 Å². The number of quaternary nitrogens is 1. The summed E-state index contributed by atoms with van der Waals surface area (Å²) in [5.74, 6) is 0. The summed E-state index contributed by atoms with van der Waals surface area (Å²) in [6.45, 7) is 5.20. The molecule has 2 aromatic carbocycles. The van der Waals surface area contributed by atoms with Crippen molar-refractivity contribution in [2.24, 2.45) is 5.10 Å². The molecule has 120 valence electrons. The van der Waals surface area contributed by atoms with Crippen molar-refractivity contribution in [1.29, 1.82) is 0 Å². The smallest absolute Gasteiger partial charge is 0.103 e. The summed E-state index contributed by atoms with van der Waals surface area (Å²) in [6.07, 6.45) is 1.90. The molecule has 0 atom stereocenters. The van der Waals surface area contributed by atoms with Crippen molar-refractivity contribution in [3.05, 3.63) is 69.7 Å². The van der Waals surface area contributed by atoms with Crippen LogP contribution in [0.2, 0.25) is 10.0 Å². The Bertz CT molecular complexity index is 645. The van der Waals surface area contributed by atoms with Gasteiger partial charge in [0.25, 0.3) is 0 Å². The van der Waals surface area contributed by atoms with Crippen LogP contribution in [0.5, 0.6) is 0 Å². The molecule has 2 aromatic rings.